The fourth-order valence-corrected chi connectivity index (χ4v) is 3.13. The Kier molecular flexibility index (Phi) is 4.95. The molecular weight excluding hydrogens is 375 g/mol. The van der Waals surface area contributed by atoms with Crippen LogP contribution in [0.4, 0.5) is 10.1 Å². The summed E-state index contributed by atoms with van der Waals surface area (Å²) < 4.78 is 19.3. The topological polar surface area (TPSA) is 79.6 Å². The highest BCUT2D eigenvalue weighted by molar-refractivity contribution is 6.03. The number of carbonyl (C=O) groups is 3. The van der Waals surface area contributed by atoms with Crippen LogP contribution in [0, 0.1) is 5.82 Å². The van der Waals surface area contributed by atoms with Crippen molar-refractivity contribution < 1.29 is 23.2 Å². The van der Waals surface area contributed by atoms with E-state index in [0.29, 0.717) is 5.69 Å². The molecule has 1 fully saturated rings. The quantitative estimate of drug-likeness (QED) is 0.666. The van der Waals surface area contributed by atoms with Gasteiger partial charge in [0.15, 0.2) is 5.76 Å². The highest BCUT2D eigenvalue weighted by atomic mass is 19.1. The van der Waals surface area contributed by atoms with Gasteiger partial charge in [0.2, 0.25) is 11.8 Å². The average Bonchev–Trinajstić information content (AvgIpc) is 3.32. The summed E-state index contributed by atoms with van der Waals surface area (Å²) in [7, 11) is 0. The predicted octanol–water partition coefficient (Wildman–Crippen LogP) is 3.99. The van der Waals surface area contributed by atoms with Crippen molar-refractivity contribution in [2.75, 3.05) is 5.32 Å². The first-order valence-electron chi connectivity index (χ1n) is 9.09. The Morgan fingerprint density at radius 3 is 2.34 bits per heavy atom. The summed E-state index contributed by atoms with van der Waals surface area (Å²) in [5.41, 5.74) is 1.59. The van der Waals surface area contributed by atoms with Crippen LogP contribution in [0.25, 0.3) is 11.3 Å². The zero-order chi connectivity index (χ0) is 20.4. The molecule has 1 aliphatic rings. The molecule has 0 radical (unpaired) electrons. The van der Waals surface area contributed by atoms with E-state index in [1.807, 2.05) is 0 Å². The van der Waals surface area contributed by atoms with Crippen molar-refractivity contribution >= 4 is 23.4 Å². The fraction of sp³-hybridized carbons (Fsp3) is 0.136. The number of hydrogen-bond acceptors (Lipinski definition) is 4. The molecule has 3 amide bonds. The number of rotatable bonds is 5. The summed E-state index contributed by atoms with van der Waals surface area (Å²) in [6, 6.07) is 16.0. The number of carbonyl (C=O) groups excluding carboxylic acids is 3. The van der Waals surface area contributed by atoms with Crippen molar-refractivity contribution in [3.8, 4) is 11.3 Å². The number of amides is 3. The van der Waals surface area contributed by atoms with E-state index in [4.69, 9.17) is 4.42 Å². The number of hydrogen-bond donors (Lipinski definition) is 1. The molecule has 1 aliphatic heterocycles. The van der Waals surface area contributed by atoms with Gasteiger partial charge in [0.1, 0.15) is 11.6 Å². The van der Waals surface area contributed by atoms with Gasteiger partial charge in [-0.1, -0.05) is 24.3 Å². The van der Waals surface area contributed by atoms with Gasteiger partial charge in [0.05, 0.1) is 12.1 Å². The minimum Gasteiger partial charge on any atom is -0.451 e. The van der Waals surface area contributed by atoms with Crippen molar-refractivity contribution in [2.24, 2.45) is 0 Å². The van der Waals surface area contributed by atoms with Crippen LogP contribution < -0.4 is 5.32 Å². The van der Waals surface area contributed by atoms with E-state index in [9.17, 15) is 18.8 Å². The van der Waals surface area contributed by atoms with Crippen LogP contribution in [-0.2, 0) is 16.1 Å². The Hall–Kier alpha value is -3.74. The smallest absolute Gasteiger partial charge is 0.291 e. The van der Waals surface area contributed by atoms with Crippen LogP contribution in [-0.4, -0.2) is 22.6 Å². The zero-order valence-electron chi connectivity index (χ0n) is 15.4. The normalized spacial score (nSPS) is 13.8. The third-order valence-electron chi connectivity index (χ3n) is 4.68. The lowest BCUT2D eigenvalue weighted by Gasteiger charge is -2.14. The molecule has 4 rings (SSSR count). The van der Waals surface area contributed by atoms with E-state index in [2.05, 4.69) is 5.32 Å². The Morgan fingerprint density at radius 1 is 0.966 bits per heavy atom. The lowest BCUT2D eigenvalue weighted by molar-refractivity contribution is -0.139. The first kappa shape index (κ1) is 18.6. The summed E-state index contributed by atoms with van der Waals surface area (Å²) in [5, 5.41) is 2.70. The van der Waals surface area contributed by atoms with Crippen LogP contribution >= 0.6 is 0 Å². The van der Waals surface area contributed by atoms with E-state index in [1.165, 1.54) is 17.0 Å². The fourth-order valence-electron chi connectivity index (χ4n) is 3.13. The van der Waals surface area contributed by atoms with Gasteiger partial charge >= 0.3 is 0 Å². The molecule has 0 atom stereocenters. The van der Waals surface area contributed by atoms with E-state index >= 15 is 0 Å². The summed E-state index contributed by atoms with van der Waals surface area (Å²) in [6.45, 7) is 0.218. The third-order valence-corrected chi connectivity index (χ3v) is 4.68. The van der Waals surface area contributed by atoms with E-state index in [0.717, 1.165) is 5.56 Å². The molecule has 1 saturated heterocycles. The maximum absolute atomic E-state index is 13.9. The maximum Gasteiger partial charge on any atom is 0.291 e. The molecule has 0 unspecified atom stereocenters. The number of furan rings is 1. The van der Waals surface area contributed by atoms with Gasteiger partial charge in [-0.2, -0.15) is 0 Å². The molecule has 29 heavy (non-hydrogen) atoms. The van der Waals surface area contributed by atoms with Crippen molar-refractivity contribution in [1.82, 2.24) is 4.90 Å². The summed E-state index contributed by atoms with van der Waals surface area (Å²) >= 11 is 0. The molecule has 2 aromatic carbocycles. The van der Waals surface area contributed by atoms with Crippen LogP contribution in [0.3, 0.4) is 0 Å². The molecule has 7 heteroatoms. The van der Waals surface area contributed by atoms with Crippen LogP contribution in [0.5, 0.6) is 0 Å². The van der Waals surface area contributed by atoms with Crippen molar-refractivity contribution in [3.63, 3.8) is 0 Å². The molecule has 0 saturated carbocycles. The number of imide groups is 1. The van der Waals surface area contributed by atoms with Gasteiger partial charge in [0.25, 0.3) is 5.91 Å². The van der Waals surface area contributed by atoms with Crippen LogP contribution in [0.1, 0.15) is 29.0 Å². The number of halogens is 1. The largest absolute Gasteiger partial charge is 0.451 e. The molecule has 2 heterocycles. The molecule has 6 nitrogen and oxygen atoms in total. The Morgan fingerprint density at radius 2 is 1.66 bits per heavy atom. The molecule has 0 spiro atoms. The molecule has 0 aliphatic carbocycles. The van der Waals surface area contributed by atoms with Gasteiger partial charge in [-0.15, -0.1) is 0 Å². The Labute approximate surface area is 165 Å². The van der Waals surface area contributed by atoms with Crippen LogP contribution in [0.15, 0.2) is 65.1 Å². The Balaban J connectivity index is 1.42. The molecule has 3 aromatic rings. The van der Waals surface area contributed by atoms with E-state index in [1.54, 1.807) is 48.5 Å². The average molecular weight is 392 g/mol. The standard InChI is InChI=1S/C22H17FN2O4/c23-17-4-2-1-3-16(17)18-9-10-19(29-18)22(28)24-15-7-5-14(6-8-15)13-25-20(26)11-12-21(25)27/h1-10H,11-13H2,(H,24,28). The Bertz CT molecular complexity index is 1070. The molecule has 1 aromatic heterocycles. The number of benzene rings is 2. The van der Waals surface area contributed by atoms with Gasteiger partial charge in [-0.05, 0) is 42.0 Å². The summed E-state index contributed by atoms with van der Waals surface area (Å²) in [6.07, 6.45) is 0.510. The minimum absolute atomic E-state index is 0.0561. The van der Waals surface area contributed by atoms with Crippen molar-refractivity contribution in [2.45, 2.75) is 19.4 Å². The van der Waals surface area contributed by atoms with E-state index in [-0.39, 0.29) is 48.3 Å². The molecule has 146 valence electrons. The molecule has 0 bridgehead atoms. The molecule has 1 N–H and O–H groups in total. The second-order valence-corrected chi connectivity index (χ2v) is 6.67. The predicted molar refractivity (Wildman–Crippen MR) is 103 cm³/mol. The number of likely N-dealkylation sites (tertiary alicyclic amines) is 1. The van der Waals surface area contributed by atoms with Gasteiger partial charge in [-0.25, -0.2) is 4.39 Å². The highest BCUT2D eigenvalue weighted by Crippen LogP contribution is 2.25. The first-order valence-corrected chi connectivity index (χ1v) is 9.09. The second kappa shape index (κ2) is 7.71. The lowest BCUT2D eigenvalue weighted by Crippen LogP contribution is -2.28. The number of nitrogens with one attached hydrogen (secondary N) is 1. The zero-order valence-corrected chi connectivity index (χ0v) is 15.4. The van der Waals surface area contributed by atoms with Gasteiger partial charge < -0.3 is 9.73 Å². The van der Waals surface area contributed by atoms with Crippen molar-refractivity contribution in [1.29, 1.82) is 0 Å². The van der Waals surface area contributed by atoms with Crippen LogP contribution in [0.2, 0.25) is 0 Å². The molecular formula is C22H17FN2O4. The lowest BCUT2D eigenvalue weighted by atomic mass is 10.1. The van der Waals surface area contributed by atoms with Gasteiger partial charge in [0, 0.05) is 18.5 Å². The van der Waals surface area contributed by atoms with E-state index < -0.39 is 11.7 Å². The maximum atomic E-state index is 13.9. The highest BCUT2D eigenvalue weighted by Gasteiger charge is 2.28. The third kappa shape index (κ3) is 3.94. The van der Waals surface area contributed by atoms with Crippen molar-refractivity contribution in [3.05, 3.63) is 77.8 Å². The van der Waals surface area contributed by atoms with Gasteiger partial charge in [-0.3, -0.25) is 19.3 Å². The first-order chi connectivity index (χ1) is 14.0. The second-order valence-electron chi connectivity index (χ2n) is 6.67. The monoisotopic (exact) mass is 392 g/mol. The summed E-state index contributed by atoms with van der Waals surface area (Å²) in [4.78, 5) is 37.0. The number of nitrogens with zero attached hydrogens (tertiary/aromatic N) is 1. The SMILES string of the molecule is O=C(Nc1ccc(CN2C(=O)CCC2=O)cc1)c1ccc(-c2ccccc2F)o1. The minimum atomic E-state index is -0.467. The number of anilines is 1. The summed E-state index contributed by atoms with van der Waals surface area (Å²) in [5.74, 6) is -0.916.